The summed E-state index contributed by atoms with van der Waals surface area (Å²) in [5, 5.41) is 6.50. The maximum absolute atomic E-state index is 13.8. The third-order valence-electron chi connectivity index (χ3n) is 4.11. The first-order valence-electron chi connectivity index (χ1n) is 8.69. The minimum atomic E-state index is -0.235. The number of aromatic nitrogens is 3. The van der Waals surface area contributed by atoms with Crippen LogP contribution in [0.25, 0.3) is 11.3 Å². The van der Waals surface area contributed by atoms with E-state index in [-0.39, 0.29) is 11.9 Å². The second-order valence-corrected chi connectivity index (χ2v) is 6.10. The fourth-order valence-electron chi connectivity index (χ4n) is 2.42. The molecule has 0 saturated carbocycles. The molecule has 0 unspecified atom stereocenters. The molecule has 2 N–H and O–H groups in total. The molecule has 0 saturated heterocycles. The summed E-state index contributed by atoms with van der Waals surface area (Å²) in [7, 11) is 0. The molecule has 5 nitrogen and oxygen atoms in total. The molecule has 0 radical (unpaired) electrons. The third kappa shape index (κ3) is 4.53. The van der Waals surface area contributed by atoms with Crippen molar-refractivity contribution in [2.75, 3.05) is 10.6 Å². The highest BCUT2D eigenvalue weighted by atomic mass is 19.1. The largest absolute Gasteiger partial charge is 0.366 e. The monoisotopic (exact) mass is 351 g/mol. The number of halogens is 1. The highest BCUT2D eigenvalue weighted by Crippen LogP contribution is 2.22. The van der Waals surface area contributed by atoms with Crippen LogP contribution in [-0.2, 0) is 6.54 Å². The Bertz CT molecular complexity index is 854. The molecule has 0 bridgehead atoms. The molecule has 2 heterocycles. The Morgan fingerprint density at radius 1 is 1.08 bits per heavy atom. The number of benzene rings is 1. The highest BCUT2D eigenvalue weighted by molar-refractivity contribution is 5.64. The van der Waals surface area contributed by atoms with Crippen molar-refractivity contribution in [2.24, 2.45) is 0 Å². The number of hydrogen-bond acceptors (Lipinski definition) is 5. The molecule has 0 spiro atoms. The van der Waals surface area contributed by atoms with E-state index in [0.717, 1.165) is 17.7 Å². The molecule has 0 fully saturated rings. The molecule has 1 atom stereocenters. The van der Waals surface area contributed by atoms with Gasteiger partial charge >= 0.3 is 0 Å². The number of pyridine rings is 1. The van der Waals surface area contributed by atoms with Crippen molar-refractivity contribution in [3.8, 4) is 11.3 Å². The summed E-state index contributed by atoms with van der Waals surface area (Å²) in [6.07, 6.45) is 4.41. The molecule has 3 rings (SSSR count). The first-order valence-corrected chi connectivity index (χ1v) is 8.69. The van der Waals surface area contributed by atoms with Crippen molar-refractivity contribution in [3.63, 3.8) is 0 Å². The van der Waals surface area contributed by atoms with Gasteiger partial charge in [0.25, 0.3) is 0 Å². The van der Waals surface area contributed by atoms with Crippen molar-refractivity contribution < 1.29 is 4.39 Å². The summed E-state index contributed by atoms with van der Waals surface area (Å²) in [5.74, 6) is 0.951. The summed E-state index contributed by atoms with van der Waals surface area (Å²) >= 11 is 0. The first-order chi connectivity index (χ1) is 12.7. The lowest BCUT2D eigenvalue weighted by Gasteiger charge is -2.14. The Labute approximate surface area is 152 Å². The van der Waals surface area contributed by atoms with Crippen LogP contribution in [-0.4, -0.2) is 21.0 Å². The number of nitrogens with zero attached hydrogens (tertiary/aromatic N) is 3. The molecule has 134 valence electrons. The second-order valence-electron chi connectivity index (χ2n) is 6.10. The van der Waals surface area contributed by atoms with Gasteiger partial charge in [-0.3, -0.25) is 4.98 Å². The molecule has 26 heavy (non-hydrogen) atoms. The molecule has 2 aromatic heterocycles. The van der Waals surface area contributed by atoms with E-state index in [9.17, 15) is 4.39 Å². The van der Waals surface area contributed by atoms with E-state index in [0.29, 0.717) is 23.9 Å². The van der Waals surface area contributed by atoms with Gasteiger partial charge in [0.2, 0.25) is 5.95 Å². The van der Waals surface area contributed by atoms with Crippen molar-refractivity contribution in [1.29, 1.82) is 0 Å². The van der Waals surface area contributed by atoms with Crippen LogP contribution >= 0.6 is 0 Å². The normalized spacial score (nSPS) is 11.8. The Hall–Kier alpha value is -3.02. The number of anilines is 2. The number of hydrogen-bond donors (Lipinski definition) is 2. The summed E-state index contributed by atoms with van der Waals surface area (Å²) in [6, 6.07) is 12.6. The second kappa shape index (κ2) is 8.38. The maximum Gasteiger partial charge on any atom is 0.225 e. The van der Waals surface area contributed by atoms with Gasteiger partial charge < -0.3 is 10.6 Å². The zero-order chi connectivity index (χ0) is 18.4. The molecular formula is C20H22FN5. The predicted molar refractivity (Wildman–Crippen MR) is 102 cm³/mol. The zero-order valence-electron chi connectivity index (χ0n) is 14.9. The summed E-state index contributed by atoms with van der Waals surface area (Å²) < 4.78 is 13.8. The molecule has 0 aliphatic rings. The van der Waals surface area contributed by atoms with E-state index in [1.165, 1.54) is 6.07 Å². The van der Waals surface area contributed by atoms with Gasteiger partial charge in [-0.05, 0) is 31.5 Å². The van der Waals surface area contributed by atoms with Gasteiger partial charge in [0.1, 0.15) is 11.6 Å². The fraction of sp³-hybridized carbons (Fsp3) is 0.250. The van der Waals surface area contributed by atoms with Crippen LogP contribution in [0, 0.1) is 5.82 Å². The highest BCUT2D eigenvalue weighted by Gasteiger charge is 2.09. The van der Waals surface area contributed by atoms with Gasteiger partial charge in [0, 0.05) is 42.2 Å². The standard InChI is InChI=1S/C20H22FN5/c1-3-14(2)24-20-25-18(15-8-10-22-11-9-15)12-19(26-20)23-13-16-6-4-5-7-17(16)21/h4-12,14H,3,13H2,1-2H3,(H2,23,24,25,26)/t14-/m0/s1. The van der Waals surface area contributed by atoms with Crippen LogP contribution in [0.5, 0.6) is 0 Å². The van der Waals surface area contributed by atoms with Gasteiger partial charge in [0.05, 0.1) is 5.69 Å². The molecule has 1 aromatic carbocycles. The van der Waals surface area contributed by atoms with E-state index in [1.807, 2.05) is 24.3 Å². The summed E-state index contributed by atoms with van der Waals surface area (Å²) in [4.78, 5) is 13.2. The Kier molecular flexibility index (Phi) is 5.73. The van der Waals surface area contributed by atoms with Gasteiger partial charge in [-0.2, -0.15) is 4.98 Å². The number of rotatable bonds is 7. The molecular weight excluding hydrogens is 329 g/mol. The smallest absolute Gasteiger partial charge is 0.225 e. The van der Waals surface area contributed by atoms with Gasteiger partial charge in [-0.15, -0.1) is 0 Å². The summed E-state index contributed by atoms with van der Waals surface area (Å²) in [6.45, 7) is 4.53. The SMILES string of the molecule is CC[C@H](C)Nc1nc(NCc2ccccc2F)cc(-c2ccncc2)n1. The van der Waals surface area contributed by atoms with Crippen molar-refractivity contribution in [2.45, 2.75) is 32.9 Å². The molecule has 3 aromatic rings. The number of nitrogens with one attached hydrogen (secondary N) is 2. The lowest BCUT2D eigenvalue weighted by atomic mass is 10.2. The van der Waals surface area contributed by atoms with Crippen LogP contribution in [0.15, 0.2) is 54.9 Å². The minimum absolute atomic E-state index is 0.235. The molecule has 6 heteroatoms. The van der Waals surface area contributed by atoms with E-state index in [2.05, 4.69) is 39.4 Å². The molecule has 0 aliphatic heterocycles. The van der Waals surface area contributed by atoms with E-state index in [4.69, 9.17) is 0 Å². The molecule has 0 aliphatic carbocycles. The van der Waals surface area contributed by atoms with E-state index in [1.54, 1.807) is 24.5 Å². The lowest BCUT2D eigenvalue weighted by molar-refractivity contribution is 0.613. The molecule has 0 amide bonds. The zero-order valence-corrected chi connectivity index (χ0v) is 14.9. The Morgan fingerprint density at radius 3 is 2.58 bits per heavy atom. The van der Waals surface area contributed by atoms with Crippen molar-refractivity contribution in [3.05, 3.63) is 66.2 Å². The average molecular weight is 351 g/mol. The predicted octanol–water partition coefficient (Wildman–Crippen LogP) is 4.50. The Balaban J connectivity index is 1.88. The van der Waals surface area contributed by atoms with Crippen LogP contribution in [0.1, 0.15) is 25.8 Å². The minimum Gasteiger partial charge on any atom is -0.366 e. The van der Waals surface area contributed by atoms with Gasteiger partial charge in [-0.25, -0.2) is 9.37 Å². The van der Waals surface area contributed by atoms with Crippen LogP contribution in [0.2, 0.25) is 0 Å². The fourth-order valence-corrected chi connectivity index (χ4v) is 2.42. The van der Waals surface area contributed by atoms with Crippen LogP contribution in [0.4, 0.5) is 16.2 Å². The van der Waals surface area contributed by atoms with E-state index >= 15 is 0 Å². The van der Waals surface area contributed by atoms with Crippen LogP contribution in [0.3, 0.4) is 0 Å². The van der Waals surface area contributed by atoms with Crippen molar-refractivity contribution >= 4 is 11.8 Å². The lowest BCUT2D eigenvalue weighted by Crippen LogP contribution is -2.16. The van der Waals surface area contributed by atoms with E-state index < -0.39 is 0 Å². The van der Waals surface area contributed by atoms with Crippen LogP contribution < -0.4 is 10.6 Å². The van der Waals surface area contributed by atoms with Gasteiger partial charge in [-0.1, -0.05) is 25.1 Å². The first kappa shape index (κ1) is 17.8. The van der Waals surface area contributed by atoms with Crippen molar-refractivity contribution in [1.82, 2.24) is 15.0 Å². The topological polar surface area (TPSA) is 62.7 Å². The quantitative estimate of drug-likeness (QED) is 0.656. The average Bonchev–Trinajstić information content (AvgIpc) is 2.68. The summed E-state index contributed by atoms with van der Waals surface area (Å²) in [5.41, 5.74) is 2.32. The maximum atomic E-state index is 13.8. The van der Waals surface area contributed by atoms with Gasteiger partial charge in [0.15, 0.2) is 0 Å². The Morgan fingerprint density at radius 2 is 1.85 bits per heavy atom. The third-order valence-corrected chi connectivity index (χ3v) is 4.11.